The van der Waals surface area contributed by atoms with Gasteiger partial charge in [0.1, 0.15) is 61.5 Å². The molecule has 3 aromatic heterocycles. The van der Waals surface area contributed by atoms with E-state index in [1.807, 2.05) is 30.3 Å². The highest BCUT2D eigenvalue weighted by Gasteiger charge is 2.25. The number of carbonyl (C=O) groups excluding carboxylic acids is 8. The molecule has 0 aliphatic rings. The van der Waals surface area contributed by atoms with Crippen LogP contribution >= 0.6 is 22.7 Å². The maximum Gasteiger partial charge on any atom is 0.345 e. The van der Waals surface area contributed by atoms with E-state index in [1.165, 1.54) is 39.7 Å². The maximum absolute atomic E-state index is 13.7. The number of para-hydroxylation sites is 1. The molecule has 0 atom stereocenters. The molecule has 3 heterocycles. The number of anilines is 2. The molecule has 0 N–H and O–H groups in total. The fraction of sp³-hybridized carbons (Fsp3) is 0.306. The second-order valence-electron chi connectivity index (χ2n) is 15.4. The van der Waals surface area contributed by atoms with Crippen LogP contribution < -0.4 is 24.9 Å². The van der Waals surface area contributed by atoms with Crippen molar-refractivity contribution in [1.29, 1.82) is 0 Å². The average molecular weight is 1060 g/mol. The predicted octanol–water partition coefficient (Wildman–Crippen LogP) is 5.43. The van der Waals surface area contributed by atoms with Crippen molar-refractivity contribution in [3.8, 4) is 31.8 Å². The number of rotatable bonds is 25. The molecule has 6 rings (SSSR count). The number of aryl methyl sites for hydroxylation is 1. The zero-order valence-electron chi connectivity index (χ0n) is 40.3. The molecule has 0 aliphatic carbocycles. The van der Waals surface area contributed by atoms with Crippen molar-refractivity contribution < 1.29 is 90.1 Å². The average Bonchev–Trinajstić information content (AvgIpc) is 4.00. The van der Waals surface area contributed by atoms with Gasteiger partial charge in [0.25, 0.3) is 0 Å². The van der Waals surface area contributed by atoms with Crippen LogP contribution in [0, 0.1) is 6.92 Å². The number of thiophene rings is 1. The summed E-state index contributed by atoms with van der Waals surface area (Å²) in [5.74, 6) is -6.47. The van der Waals surface area contributed by atoms with E-state index in [2.05, 4.69) is 0 Å². The molecule has 74 heavy (non-hydrogen) atoms. The number of nitrogens with zero attached hydrogens (tertiary/aromatic N) is 3. The van der Waals surface area contributed by atoms with E-state index >= 15 is 0 Å². The smallest absolute Gasteiger partial charge is 0.345 e. The highest BCUT2D eigenvalue weighted by atomic mass is 32.1. The van der Waals surface area contributed by atoms with Crippen LogP contribution in [0.3, 0.4) is 0 Å². The molecule has 0 saturated heterocycles. The zero-order chi connectivity index (χ0) is 53.3. The van der Waals surface area contributed by atoms with Gasteiger partial charge in [-0.1, -0.05) is 18.2 Å². The normalized spacial score (nSPS) is 10.7. The lowest BCUT2D eigenvalue weighted by atomic mass is 10.1. The third-order valence-corrected chi connectivity index (χ3v) is 12.1. The number of fused-ring (bicyclic) bond motifs is 2. The molecule has 0 saturated carbocycles. The van der Waals surface area contributed by atoms with Crippen LogP contribution in [0.15, 0.2) is 82.0 Å². The van der Waals surface area contributed by atoms with Crippen LogP contribution in [-0.2, 0) is 76.3 Å². The topological polar surface area (TPSA) is 278 Å². The number of thiazole rings is 1. The number of aromatic nitrogens is 1. The van der Waals surface area contributed by atoms with Gasteiger partial charge in [0, 0.05) is 44.0 Å². The minimum absolute atomic E-state index is 0.00142. The third kappa shape index (κ3) is 16.2. The van der Waals surface area contributed by atoms with Crippen LogP contribution in [0.25, 0.3) is 41.5 Å². The first-order valence-electron chi connectivity index (χ1n) is 22.0. The molecule has 0 aliphatic heterocycles. The number of esters is 8. The fourth-order valence-corrected chi connectivity index (χ4v) is 8.55. The van der Waals surface area contributed by atoms with E-state index in [-0.39, 0.29) is 47.2 Å². The Labute approximate surface area is 428 Å². The largest absolute Gasteiger partial charge is 0.488 e. The third-order valence-electron chi connectivity index (χ3n) is 9.79. The summed E-state index contributed by atoms with van der Waals surface area (Å²) in [5, 5.41) is 1.11. The van der Waals surface area contributed by atoms with E-state index in [4.69, 9.17) is 56.8 Å². The number of hydrogen-bond donors (Lipinski definition) is 0. The number of benzene rings is 3. The quantitative estimate of drug-likeness (QED) is 0.0227. The Morgan fingerprint density at radius 1 is 0.541 bits per heavy atom. The number of hydrogen-bond acceptors (Lipinski definition) is 25. The molecule has 0 unspecified atom stereocenters. The molecule has 6 aromatic rings. The lowest BCUT2D eigenvalue weighted by Gasteiger charge is -2.26. The van der Waals surface area contributed by atoms with Gasteiger partial charge in [-0.05, 0) is 61.0 Å². The summed E-state index contributed by atoms with van der Waals surface area (Å²) in [7, 11) is 0. The maximum atomic E-state index is 13.7. The number of ether oxygens (including phenoxy) is 10. The highest BCUT2D eigenvalue weighted by Crippen LogP contribution is 2.40. The van der Waals surface area contributed by atoms with E-state index < -0.39 is 107 Å². The Bertz CT molecular complexity index is 3010. The molecule has 0 amide bonds. The van der Waals surface area contributed by atoms with Gasteiger partial charge in [-0.15, -0.1) is 22.7 Å². The molecule has 0 bridgehead atoms. The molecular formula is C49H47N3O20S2. The highest BCUT2D eigenvalue weighted by molar-refractivity contribution is 7.26. The molecule has 3 aromatic carbocycles. The molecule has 25 heteroatoms. The van der Waals surface area contributed by atoms with Crippen molar-refractivity contribution in [3.05, 3.63) is 88.8 Å². The van der Waals surface area contributed by atoms with Gasteiger partial charge in [-0.25, -0.2) is 9.78 Å². The van der Waals surface area contributed by atoms with Crippen molar-refractivity contribution in [2.75, 3.05) is 76.4 Å². The van der Waals surface area contributed by atoms with Gasteiger partial charge < -0.3 is 61.6 Å². The zero-order valence-corrected chi connectivity index (χ0v) is 42.0. The van der Waals surface area contributed by atoms with Gasteiger partial charge >= 0.3 is 53.4 Å². The summed E-state index contributed by atoms with van der Waals surface area (Å²) < 4.78 is 58.4. The molecule has 0 fully saturated rings. The van der Waals surface area contributed by atoms with Gasteiger partial charge in [-0.2, -0.15) is 0 Å². The first-order chi connectivity index (χ1) is 35.4. The molecule has 23 nitrogen and oxygen atoms in total. The SMILES string of the molecule is CC(=O)OCOC(=O)CN(CC(=O)OCOC(C)=O)c1ccc(C)cc1OCCOc1cc2cc(-c3ccc(-c4nc5ccccc5s4)s3)c(=O)oc2cc1N(CC(=O)OCOC(C)=O)CC(=O)OCOC(C)=O. The van der Waals surface area contributed by atoms with E-state index in [0.29, 0.717) is 15.8 Å². The van der Waals surface area contributed by atoms with Gasteiger partial charge in [0.15, 0.2) is 0 Å². The van der Waals surface area contributed by atoms with Crippen molar-refractivity contribution in [3.63, 3.8) is 0 Å². The van der Waals surface area contributed by atoms with Crippen molar-refractivity contribution in [1.82, 2.24) is 4.98 Å². The van der Waals surface area contributed by atoms with Crippen LogP contribution in [0.2, 0.25) is 0 Å². The Balaban J connectivity index is 1.33. The lowest BCUT2D eigenvalue weighted by Crippen LogP contribution is -2.37. The minimum atomic E-state index is -0.978. The Morgan fingerprint density at radius 2 is 1.03 bits per heavy atom. The minimum Gasteiger partial charge on any atom is -0.488 e. The predicted molar refractivity (Wildman–Crippen MR) is 262 cm³/mol. The number of carbonyl (C=O) groups is 8. The molecule has 0 radical (unpaired) electrons. The van der Waals surface area contributed by atoms with Crippen molar-refractivity contribution >= 4 is 103 Å². The second-order valence-corrected chi connectivity index (χ2v) is 17.5. The summed E-state index contributed by atoms with van der Waals surface area (Å²) in [4.78, 5) is 120. The lowest BCUT2D eigenvalue weighted by molar-refractivity contribution is -0.167. The standard InChI is InChI=1S/C49H47N3O20S2/c1-28-10-11-36(51(20-44(57)68-24-64-29(2)53)21-45(58)69-25-65-30(3)54)39(16-28)62-14-15-63-40-18-33-17-34(41-12-13-43(73-41)48-50-35-8-6-7-9-42(35)74-48)49(61)72-38(33)19-37(40)52(22-46(59)70-26-66-31(4)55)23-47(60)71-27-67-32(5)56/h6-13,16-19H,14-15,20-27H2,1-5H3. The van der Waals surface area contributed by atoms with Crippen LogP contribution in [0.4, 0.5) is 11.4 Å². The van der Waals surface area contributed by atoms with Crippen LogP contribution in [0.1, 0.15) is 33.3 Å². The first-order valence-corrected chi connectivity index (χ1v) is 23.7. The summed E-state index contributed by atoms with van der Waals surface area (Å²) >= 11 is 2.83. The summed E-state index contributed by atoms with van der Waals surface area (Å²) in [6, 6.07) is 20.6. The fourth-order valence-electron chi connectivity index (χ4n) is 6.52. The summed E-state index contributed by atoms with van der Waals surface area (Å²) in [6.07, 6.45) is 0. The van der Waals surface area contributed by atoms with Crippen molar-refractivity contribution in [2.45, 2.75) is 34.6 Å². The summed E-state index contributed by atoms with van der Waals surface area (Å²) in [6.45, 7) is 0.304. The summed E-state index contributed by atoms with van der Waals surface area (Å²) in [5.41, 5.74) is 1.23. The molecule has 390 valence electrons. The van der Waals surface area contributed by atoms with Crippen LogP contribution in [-0.4, -0.2) is 119 Å². The Kier molecular flexibility index (Phi) is 19.4. The molecular weight excluding hydrogens is 1010 g/mol. The first kappa shape index (κ1) is 54.7. The van der Waals surface area contributed by atoms with E-state index in [0.717, 1.165) is 52.7 Å². The van der Waals surface area contributed by atoms with E-state index in [9.17, 15) is 43.2 Å². The molecule has 0 spiro atoms. The Hall–Kier alpha value is -8.58. The van der Waals surface area contributed by atoms with Gasteiger partial charge in [-0.3, -0.25) is 38.4 Å². The van der Waals surface area contributed by atoms with Crippen molar-refractivity contribution in [2.24, 2.45) is 0 Å². The van der Waals surface area contributed by atoms with Gasteiger partial charge in [0.2, 0.25) is 27.2 Å². The monoisotopic (exact) mass is 1060 g/mol. The van der Waals surface area contributed by atoms with E-state index in [1.54, 1.807) is 37.3 Å². The van der Waals surface area contributed by atoms with Crippen LogP contribution in [0.5, 0.6) is 11.5 Å². The Morgan fingerprint density at radius 3 is 1.54 bits per heavy atom. The second kappa shape index (κ2) is 26.2. The van der Waals surface area contributed by atoms with Gasteiger partial charge in [0.05, 0.1) is 32.0 Å².